The third kappa shape index (κ3) is 2.80. The van der Waals surface area contributed by atoms with Crippen LogP contribution in [0.3, 0.4) is 0 Å². The minimum absolute atomic E-state index is 0.179. The Morgan fingerprint density at radius 1 is 1.25 bits per heavy atom. The van der Waals surface area contributed by atoms with Crippen LogP contribution in [0.4, 0.5) is 0 Å². The first kappa shape index (κ1) is 11.1. The Kier molecular flexibility index (Phi) is 3.90. The maximum absolute atomic E-state index is 8.64. The lowest BCUT2D eigenvalue weighted by Gasteiger charge is -1.93. The highest BCUT2D eigenvalue weighted by Gasteiger charge is 2.07. The van der Waals surface area contributed by atoms with E-state index in [9.17, 15) is 0 Å². The van der Waals surface area contributed by atoms with Crippen molar-refractivity contribution < 1.29 is 9.52 Å². The minimum Gasteiger partial charge on any atom is -0.411 e. The summed E-state index contributed by atoms with van der Waals surface area (Å²) in [4.78, 5) is 3.92. The number of nitrogens with zero attached hydrogens (tertiary/aromatic N) is 3. The fourth-order valence-corrected chi connectivity index (χ4v) is 1.79. The summed E-state index contributed by atoms with van der Waals surface area (Å²) in [5.41, 5.74) is 0.858. The third-order valence-electron chi connectivity index (χ3n) is 1.86. The van der Waals surface area contributed by atoms with Gasteiger partial charge in [-0.1, -0.05) is 11.8 Å². The van der Waals surface area contributed by atoms with Crippen molar-refractivity contribution >= 4 is 11.8 Å². The van der Waals surface area contributed by atoms with Crippen molar-refractivity contribution in [2.24, 2.45) is 0 Å². The molecule has 0 saturated carbocycles. The molecule has 0 unspecified atom stereocenters. The Hall–Kier alpha value is -1.40. The molecule has 0 aliphatic carbocycles. The zero-order valence-electron chi connectivity index (χ0n) is 8.54. The summed E-state index contributed by atoms with van der Waals surface area (Å²) in [5.74, 6) is 1.27. The second kappa shape index (κ2) is 5.62. The van der Waals surface area contributed by atoms with Crippen LogP contribution in [-0.4, -0.2) is 32.6 Å². The van der Waals surface area contributed by atoms with Gasteiger partial charge in [-0.25, -0.2) is 0 Å². The van der Waals surface area contributed by atoms with E-state index < -0.39 is 0 Å². The van der Waals surface area contributed by atoms with Gasteiger partial charge in [0.2, 0.25) is 5.89 Å². The van der Waals surface area contributed by atoms with E-state index in [1.807, 2.05) is 12.1 Å². The van der Waals surface area contributed by atoms with Gasteiger partial charge in [0.05, 0.1) is 0 Å². The number of thioether (sulfide) groups is 1. The number of aliphatic hydroxyl groups excluding tert-OH is 1. The Morgan fingerprint density at radius 2 is 2.06 bits per heavy atom. The van der Waals surface area contributed by atoms with Crippen molar-refractivity contribution in [2.75, 3.05) is 12.4 Å². The summed E-state index contributed by atoms with van der Waals surface area (Å²) < 4.78 is 5.45. The average Bonchev–Trinajstić information content (AvgIpc) is 2.79. The van der Waals surface area contributed by atoms with Crippen molar-refractivity contribution in [3.8, 4) is 11.5 Å². The maximum atomic E-state index is 8.64. The highest BCUT2D eigenvalue weighted by Crippen LogP contribution is 2.22. The van der Waals surface area contributed by atoms with Crippen LogP contribution >= 0.6 is 11.8 Å². The Morgan fingerprint density at radius 3 is 2.81 bits per heavy atom. The molecule has 0 bridgehead atoms. The van der Waals surface area contributed by atoms with E-state index in [0.29, 0.717) is 11.1 Å². The molecule has 0 radical (unpaired) electrons. The summed E-state index contributed by atoms with van der Waals surface area (Å²) in [6.45, 7) is 0.179. The molecule has 0 saturated heterocycles. The smallest absolute Gasteiger partial charge is 0.276 e. The molecule has 1 N–H and O–H groups in total. The molecule has 2 aromatic rings. The van der Waals surface area contributed by atoms with Gasteiger partial charge in [-0.2, -0.15) is 0 Å². The van der Waals surface area contributed by atoms with Crippen LogP contribution in [0.2, 0.25) is 0 Å². The van der Waals surface area contributed by atoms with Gasteiger partial charge in [-0.15, -0.1) is 10.2 Å². The fraction of sp³-hybridized carbons (Fsp3) is 0.300. The topological polar surface area (TPSA) is 72.0 Å². The van der Waals surface area contributed by atoms with Gasteiger partial charge in [0.25, 0.3) is 5.22 Å². The standard InChI is InChI=1S/C10H11N3O2S/c14-6-1-7-16-10-13-12-9(15-10)8-2-4-11-5-3-8/h2-5,14H,1,6-7H2. The van der Waals surface area contributed by atoms with Gasteiger partial charge in [0.15, 0.2) is 0 Å². The Bertz CT molecular complexity index is 433. The lowest BCUT2D eigenvalue weighted by molar-refractivity contribution is 0.296. The molecule has 0 spiro atoms. The summed E-state index contributed by atoms with van der Waals surface area (Å²) >= 11 is 1.44. The molecule has 84 valence electrons. The lowest BCUT2D eigenvalue weighted by Crippen LogP contribution is -1.85. The van der Waals surface area contributed by atoms with Crippen LogP contribution in [0, 0.1) is 0 Å². The van der Waals surface area contributed by atoms with E-state index >= 15 is 0 Å². The fourth-order valence-electron chi connectivity index (χ4n) is 1.10. The SMILES string of the molecule is OCCCSc1nnc(-c2ccncc2)o1. The first-order chi connectivity index (χ1) is 7.90. The number of aliphatic hydroxyl groups is 1. The average molecular weight is 237 g/mol. The van der Waals surface area contributed by atoms with Crippen molar-refractivity contribution in [3.63, 3.8) is 0 Å². The lowest BCUT2D eigenvalue weighted by atomic mass is 10.3. The molecule has 0 aliphatic heterocycles. The molecule has 2 rings (SSSR count). The van der Waals surface area contributed by atoms with E-state index in [1.54, 1.807) is 12.4 Å². The monoisotopic (exact) mass is 237 g/mol. The second-order valence-corrected chi connectivity index (χ2v) is 4.08. The van der Waals surface area contributed by atoms with Crippen LogP contribution in [0.1, 0.15) is 6.42 Å². The normalized spacial score (nSPS) is 10.6. The Labute approximate surface area is 96.9 Å². The van der Waals surface area contributed by atoms with Crippen molar-refractivity contribution in [1.29, 1.82) is 0 Å². The minimum atomic E-state index is 0.179. The molecule has 0 amide bonds. The number of rotatable bonds is 5. The molecule has 2 aromatic heterocycles. The van der Waals surface area contributed by atoms with E-state index in [-0.39, 0.29) is 6.61 Å². The van der Waals surface area contributed by atoms with Gasteiger partial charge in [0, 0.05) is 30.3 Å². The molecule has 0 aliphatic rings. The number of hydrogen-bond donors (Lipinski definition) is 1. The molecule has 5 nitrogen and oxygen atoms in total. The predicted molar refractivity (Wildman–Crippen MR) is 60.0 cm³/mol. The van der Waals surface area contributed by atoms with E-state index in [2.05, 4.69) is 15.2 Å². The molecule has 0 fully saturated rings. The second-order valence-electron chi connectivity index (χ2n) is 3.03. The summed E-state index contributed by atoms with van der Waals surface area (Å²) in [6, 6.07) is 3.63. The molecular weight excluding hydrogens is 226 g/mol. The van der Waals surface area contributed by atoms with Crippen LogP contribution < -0.4 is 0 Å². The van der Waals surface area contributed by atoms with Gasteiger partial charge < -0.3 is 9.52 Å². The Balaban J connectivity index is 2.02. The molecule has 0 aromatic carbocycles. The molecular formula is C10H11N3O2S. The quantitative estimate of drug-likeness (QED) is 0.629. The van der Waals surface area contributed by atoms with E-state index in [4.69, 9.17) is 9.52 Å². The van der Waals surface area contributed by atoms with Crippen molar-refractivity contribution in [1.82, 2.24) is 15.2 Å². The summed E-state index contributed by atoms with van der Waals surface area (Å²) in [6.07, 6.45) is 4.08. The molecule has 2 heterocycles. The zero-order chi connectivity index (χ0) is 11.2. The summed E-state index contributed by atoms with van der Waals surface area (Å²) in [5, 5.41) is 17.0. The highest BCUT2D eigenvalue weighted by atomic mass is 32.2. The van der Waals surface area contributed by atoms with Crippen LogP contribution in [-0.2, 0) is 0 Å². The van der Waals surface area contributed by atoms with Gasteiger partial charge in [-0.05, 0) is 18.6 Å². The van der Waals surface area contributed by atoms with Crippen molar-refractivity contribution in [3.05, 3.63) is 24.5 Å². The third-order valence-corrected chi connectivity index (χ3v) is 2.77. The first-order valence-corrected chi connectivity index (χ1v) is 5.86. The maximum Gasteiger partial charge on any atom is 0.276 e. The van der Waals surface area contributed by atoms with Gasteiger partial charge >= 0.3 is 0 Å². The highest BCUT2D eigenvalue weighted by molar-refractivity contribution is 7.99. The predicted octanol–water partition coefficient (Wildman–Crippen LogP) is 1.61. The van der Waals surface area contributed by atoms with Crippen molar-refractivity contribution in [2.45, 2.75) is 11.6 Å². The van der Waals surface area contributed by atoms with Gasteiger partial charge in [0.1, 0.15) is 0 Å². The van der Waals surface area contributed by atoms with Gasteiger partial charge in [-0.3, -0.25) is 4.98 Å². The largest absolute Gasteiger partial charge is 0.411 e. The first-order valence-electron chi connectivity index (χ1n) is 4.87. The molecule has 6 heteroatoms. The molecule has 0 atom stereocenters. The number of aromatic nitrogens is 3. The van der Waals surface area contributed by atoms with Crippen LogP contribution in [0.25, 0.3) is 11.5 Å². The van der Waals surface area contributed by atoms with E-state index in [1.165, 1.54) is 11.8 Å². The number of pyridine rings is 1. The van der Waals surface area contributed by atoms with Crippen LogP contribution in [0.15, 0.2) is 34.2 Å². The van der Waals surface area contributed by atoms with E-state index in [0.717, 1.165) is 17.7 Å². The zero-order valence-corrected chi connectivity index (χ0v) is 9.35. The molecule has 16 heavy (non-hydrogen) atoms. The van der Waals surface area contributed by atoms with Crippen LogP contribution in [0.5, 0.6) is 0 Å². The summed E-state index contributed by atoms with van der Waals surface area (Å²) in [7, 11) is 0. The number of hydrogen-bond acceptors (Lipinski definition) is 6.